The highest BCUT2D eigenvalue weighted by Crippen LogP contribution is 2.37. The summed E-state index contributed by atoms with van der Waals surface area (Å²) in [6, 6.07) is 0. The summed E-state index contributed by atoms with van der Waals surface area (Å²) in [7, 11) is 0. The van der Waals surface area contributed by atoms with Crippen LogP contribution in [0.3, 0.4) is 0 Å². The van der Waals surface area contributed by atoms with E-state index in [2.05, 4.69) is 26.1 Å². The van der Waals surface area contributed by atoms with E-state index in [0.29, 0.717) is 5.41 Å². The van der Waals surface area contributed by atoms with Gasteiger partial charge in [-0.25, -0.2) is 0 Å². The Kier molecular flexibility index (Phi) is 4.20. The Hall–Kier alpha value is -0.0800. The van der Waals surface area contributed by atoms with Crippen LogP contribution < -0.4 is 5.32 Å². The summed E-state index contributed by atoms with van der Waals surface area (Å²) in [4.78, 5) is 0. The summed E-state index contributed by atoms with van der Waals surface area (Å²) in [6.45, 7) is 10.9. The van der Waals surface area contributed by atoms with Crippen molar-refractivity contribution in [1.29, 1.82) is 0 Å². The van der Waals surface area contributed by atoms with Gasteiger partial charge in [-0.3, -0.25) is 0 Å². The molecule has 1 rings (SSSR count). The molecule has 0 saturated carbocycles. The minimum atomic E-state index is 0.421. The molecule has 1 N–H and O–H groups in total. The van der Waals surface area contributed by atoms with Gasteiger partial charge in [0.2, 0.25) is 0 Å². The van der Waals surface area contributed by atoms with Crippen molar-refractivity contribution in [3.05, 3.63) is 0 Å². The SMILES string of the molecule is CCNCC1(C(C)CC)CCOC1. The maximum Gasteiger partial charge on any atom is 0.0538 e. The lowest BCUT2D eigenvalue weighted by atomic mass is 9.74. The third kappa shape index (κ3) is 2.44. The standard InChI is InChI=1S/C11H23NO/c1-4-10(3)11(8-12-5-2)6-7-13-9-11/h10,12H,4-9H2,1-3H3. The Morgan fingerprint density at radius 3 is 2.69 bits per heavy atom. The van der Waals surface area contributed by atoms with Crippen LogP contribution in [0.5, 0.6) is 0 Å². The van der Waals surface area contributed by atoms with E-state index in [1.807, 2.05) is 0 Å². The van der Waals surface area contributed by atoms with Crippen LogP contribution in [-0.4, -0.2) is 26.3 Å². The zero-order chi connectivity index (χ0) is 9.73. The summed E-state index contributed by atoms with van der Waals surface area (Å²) < 4.78 is 5.54. The van der Waals surface area contributed by atoms with Crippen LogP contribution in [0.25, 0.3) is 0 Å². The number of nitrogens with one attached hydrogen (secondary N) is 1. The van der Waals surface area contributed by atoms with Crippen LogP contribution >= 0.6 is 0 Å². The molecule has 0 radical (unpaired) electrons. The molecule has 13 heavy (non-hydrogen) atoms. The maximum atomic E-state index is 5.54. The van der Waals surface area contributed by atoms with Crippen molar-refractivity contribution in [3.8, 4) is 0 Å². The van der Waals surface area contributed by atoms with Crippen molar-refractivity contribution in [1.82, 2.24) is 5.32 Å². The third-order valence-corrected chi connectivity index (χ3v) is 3.52. The second-order valence-corrected chi connectivity index (χ2v) is 4.25. The first-order chi connectivity index (χ1) is 6.25. The number of hydrogen-bond donors (Lipinski definition) is 1. The lowest BCUT2D eigenvalue weighted by Gasteiger charge is -2.33. The topological polar surface area (TPSA) is 21.3 Å². The van der Waals surface area contributed by atoms with Gasteiger partial charge in [0.05, 0.1) is 6.61 Å². The second-order valence-electron chi connectivity index (χ2n) is 4.25. The molecule has 0 aromatic heterocycles. The summed E-state index contributed by atoms with van der Waals surface area (Å²) in [5.41, 5.74) is 0.421. The molecule has 0 aliphatic carbocycles. The molecule has 1 fully saturated rings. The van der Waals surface area contributed by atoms with Gasteiger partial charge < -0.3 is 10.1 Å². The Morgan fingerprint density at radius 1 is 1.46 bits per heavy atom. The lowest BCUT2D eigenvalue weighted by Crippen LogP contribution is -2.39. The van der Waals surface area contributed by atoms with Crippen molar-refractivity contribution in [2.24, 2.45) is 11.3 Å². The zero-order valence-corrected chi connectivity index (χ0v) is 9.23. The summed E-state index contributed by atoms with van der Waals surface area (Å²) >= 11 is 0. The Balaban J connectivity index is 2.52. The molecule has 1 aliphatic heterocycles. The van der Waals surface area contributed by atoms with Gasteiger partial charge >= 0.3 is 0 Å². The fourth-order valence-corrected chi connectivity index (χ4v) is 2.13. The largest absolute Gasteiger partial charge is 0.381 e. The molecule has 0 aromatic rings. The van der Waals surface area contributed by atoms with Crippen molar-refractivity contribution < 1.29 is 4.74 Å². The van der Waals surface area contributed by atoms with E-state index in [1.54, 1.807) is 0 Å². The first kappa shape index (κ1) is 11.0. The van der Waals surface area contributed by atoms with Gasteiger partial charge in [-0.15, -0.1) is 0 Å². The first-order valence-electron chi connectivity index (χ1n) is 5.53. The molecule has 2 nitrogen and oxygen atoms in total. The van der Waals surface area contributed by atoms with E-state index in [4.69, 9.17) is 4.74 Å². The molecule has 0 amide bonds. The highest BCUT2D eigenvalue weighted by molar-refractivity contribution is 4.89. The van der Waals surface area contributed by atoms with E-state index in [1.165, 1.54) is 12.8 Å². The Bertz CT molecular complexity index is 141. The summed E-state index contributed by atoms with van der Waals surface area (Å²) in [5, 5.41) is 3.47. The monoisotopic (exact) mass is 185 g/mol. The predicted octanol–water partition coefficient (Wildman–Crippen LogP) is 2.05. The normalized spacial score (nSPS) is 30.7. The quantitative estimate of drug-likeness (QED) is 0.708. The molecule has 2 atom stereocenters. The maximum absolute atomic E-state index is 5.54. The van der Waals surface area contributed by atoms with E-state index >= 15 is 0 Å². The molecular weight excluding hydrogens is 162 g/mol. The number of ether oxygens (including phenoxy) is 1. The van der Waals surface area contributed by atoms with Crippen molar-refractivity contribution >= 4 is 0 Å². The molecule has 2 unspecified atom stereocenters. The molecule has 0 aromatic carbocycles. The Labute approximate surface area is 82.0 Å². The van der Waals surface area contributed by atoms with Gasteiger partial charge in [0, 0.05) is 18.6 Å². The van der Waals surface area contributed by atoms with Crippen LogP contribution in [0, 0.1) is 11.3 Å². The average molecular weight is 185 g/mol. The summed E-state index contributed by atoms with van der Waals surface area (Å²) in [6.07, 6.45) is 2.49. The highest BCUT2D eigenvalue weighted by atomic mass is 16.5. The minimum absolute atomic E-state index is 0.421. The average Bonchev–Trinajstić information content (AvgIpc) is 2.63. The van der Waals surface area contributed by atoms with Crippen LogP contribution in [0.1, 0.15) is 33.6 Å². The highest BCUT2D eigenvalue weighted by Gasteiger charge is 2.38. The fraction of sp³-hybridized carbons (Fsp3) is 1.00. The van der Waals surface area contributed by atoms with Gasteiger partial charge in [-0.2, -0.15) is 0 Å². The second kappa shape index (κ2) is 4.97. The molecule has 0 spiro atoms. The van der Waals surface area contributed by atoms with Gasteiger partial charge in [0.15, 0.2) is 0 Å². The van der Waals surface area contributed by atoms with E-state index < -0.39 is 0 Å². The van der Waals surface area contributed by atoms with Crippen LogP contribution in [0.4, 0.5) is 0 Å². The van der Waals surface area contributed by atoms with E-state index in [0.717, 1.165) is 32.2 Å². The molecule has 1 saturated heterocycles. The number of rotatable bonds is 5. The molecular formula is C11H23NO. The smallest absolute Gasteiger partial charge is 0.0538 e. The Morgan fingerprint density at radius 2 is 2.23 bits per heavy atom. The molecule has 1 heterocycles. The summed E-state index contributed by atoms with van der Waals surface area (Å²) in [5.74, 6) is 0.772. The van der Waals surface area contributed by atoms with Gasteiger partial charge in [-0.05, 0) is 18.9 Å². The molecule has 2 heteroatoms. The number of hydrogen-bond acceptors (Lipinski definition) is 2. The molecule has 78 valence electrons. The van der Waals surface area contributed by atoms with E-state index in [-0.39, 0.29) is 0 Å². The zero-order valence-electron chi connectivity index (χ0n) is 9.23. The third-order valence-electron chi connectivity index (χ3n) is 3.52. The lowest BCUT2D eigenvalue weighted by molar-refractivity contribution is 0.109. The molecule has 0 bridgehead atoms. The first-order valence-corrected chi connectivity index (χ1v) is 5.53. The van der Waals surface area contributed by atoms with Gasteiger partial charge in [-0.1, -0.05) is 27.2 Å². The van der Waals surface area contributed by atoms with Crippen molar-refractivity contribution in [2.75, 3.05) is 26.3 Å². The predicted molar refractivity (Wildman–Crippen MR) is 55.9 cm³/mol. The van der Waals surface area contributed by atoms with Crippen LogP contribution in [0.15, 0.2) is 0 Å². The van der Waals surface area contributed by atoms with E-state index in [9.17, 15) is 0 Å². The van der Waals surface area contributed by atoms with Crippen molar-refractivity contribution in [3.63, 3.8) is 0 Å². The fourth-order valence-electron chi connectivity index (χ4n) is 2.13. The van der Waals surface area contributed by atoms with Crippen molar-refractivity contribution in [2.45, 2.75) is 33.6 Å². The van der Waals surface area contributed by atoms with Gasteiger partial charge in [0.1, 0.15) is 0 Å². The van der Waals surface area contributed by atoms with Crippen LogP contribution in [-0.2, 0) is 4.74 Å². The van der Waals surface area contributed by atoms with Crippen LogP contribution in [0.2, 0.25) is 0 Å². The molecule has 1 aliphatic rings. The van der Waals surface area contributed by atoms with Gasteiger partial charge in [0.25, 0.3) is 0 Å². The minimum Gasteiger partial charge on any atom is -0.381 e.